The Morgan fingerprint density at radius 1 is 1.50 bits per heavy atom. The Kier molecular flexibility index (Phi) is 6.00. The third-order valence-electron chi connectivity index (χ3n) is 4.51. The smallest absolute Gasteiger partial charge is 0.0544 e. The molecular formula is C16H26BrN3. The van der Waals surface area contributed by atoms with Crippen LogP contribution >= 0.6 is 15.9 Å². The van der Waals surface area contributed by atoms with Crippen LogP contribution in [-0.4, -0.2) is 35.1 Å². The molecule has 2 rings (SSSR count). The van der Waals surface area contributed by atoms with Crippen LogP contribution in [-0.2, 0) is 6.54 Å². The van der Waals surface area contributed by atoms with E-state index in [0.717, 1.165) is 35.7 Å². The van der Waals surface area contributed by atoms with Gasteiger partial charge in [0.05, 0.1) is 5.69 Å². The fourth-order valence-electron chi connectivity index (χ4n) is 2.75. The first-order valence-corrected chi connectivity index (χ1v) is 8.47. The Morgan fingerprint density at radius 3 is 2.95 bits per heavy atom. The predicted molar refractivity (Wildman–Crippen MR) is 87.7 cm³/mol. The van der Waals surface area contributed by atoms with E-state index in [1.165, 1.54) is 12.8 Å². The Morgan fingerprint density at radius 2 is 2.30 bits per heavy atom. The highest BCUT2D eigenvalue weighted by molar-refractivity contribution is 9.10. The molecule has 0 saturated carbocycles. The number of pyridine rings is 1. The number of hydrogen-bond donors (Lipinski definition) is 1. The molecule has 1 aromatic heterocycles. The van der Waals surface area contributed by atoms with Gasteiger partial charge in [0, 0.05) is 35.8 Å². The predicted octanol–water partition coefficient (Wildman–Crippen LogP) is 3.44. The summed E-state index contributed by atoms with van der Waals surface area (Å²) in [6, 6.07) is 5.41. The van der Waals surface area contributed by atoms with Crippen LogP contribution < -0.4 is 5.32 Å². The first-order chi connectivity index (χ1) is 9.60. The van der Waals surface area contributed by atoms with Crippen LogP contribution in [0.15, 0.2) is 22.8 Å². The number of rotatable bonds is 4. The van der Waals surface area contributed by atoms with Gasteiger partial charge in [-0.05, 0) is 53.9 Å². The maximum absolute atomic E-state index is 4.52. The van der Waals surface area contributed by atoms with Crippen molar-refractivity contribution in [3.8, 4) is 0 Å². The minimum atomic E-state index is 0.598. The largest absolute Gasteiger partial charge is 0.312 e. The molecule has 4 heteroatoms. The molecule has 1 fully saturated rings. The normalized spacial score (nSPS) is 26.2. The van der Waals surface area contributed by atoms with Gasteiger partial charge in [0.2, 0.25) is 0 Å². The average Bonchev–Trinajstić information content (AvgIpc) is 2.63. The van der Waals surface area contributed by atoms with Crippen molar-refractivity contribution in [3.63, 3.8) is 0 Å². The molecule has 0 aromatic carbocycles. The van der Waals surface area contributed by atoms with E-state index in [0.29, 0.717) is 12.1 Å². The zero-order valence-electron chi connectivity index (χ0n) is 12.8. The van der Waals surface area contributed by atoms with Gasteiger partial charge in [-0.25, -0.2) is 0 Å². The highest BCUT2D eigenvalue weighted by atomic mass is 79.9. The van der Waals surface area contributed by atoms with Crippen molar-refractivity contribution in [2.24, 2.45) is 5.92 Å². The van der Waals surface area contributed by atoms with Gasteiger partial charge in [-0.2, -0.15) is 0 Å². The molecule has 3 atom stereocenters. The van der Waals surface area contributed by atoms with E-state index in [1.54, 1.807) is 0 Å². The Hall–Kier alpha value is -0.450. The van der Waals surface area contributed by atoms with Crippen molar-refractivity contribution in [1.29, 1.82) is 0 Å². The lowest BCUT2D eigenvalue weighted by Gasteiger charge is -2.31. The molecule has 3 unspecified atom stereocenters. The van der Waals surface area contributed by atoms with Crippen LogP contribution in [0, 0.1) is 5.92 Å². The summed E-state index contributed by atoms with van der Waals surface area (Å²) in [5.74, 6) is 0.723. The summed E-state index contributed by atoms with van der Waals surface area (Å²) in [5.41, 5.74) is 1.16. The van der Waals surface area contributed by atoms with Crippen LogP contribution in [0.3, 0.4) is 0 Å². The third kappa shape index (κ3) is 4.27. The van der Waals surface area contributed by atoms with Crippen LogP contribution in [0.1, 0.15) is 39.3 Å². The molecule has 1 saturated heterocycles. The molecule has 112 valence electrons. The minimum Gasteiger partial charge on any atom is -0.312 e. The van der Waals surface area contributed by atoms with E-state index < -0.39 is 0 Å². The monoisotopic (exact) mass is 339 g/mol. The Labute approximate surface area is 131 Å². The number of halogens is 1. The highest BCUT2D eigenvalue weighted by Crippen LogP contribution is 2.18. The topological polar surface area (TPSA) is 28.2 Å². The van der Waals surface area contributed by atoms with Gasteiger partial charge < -0.3 is 5.32 Å². The number of hydrogen-bond acceptors (Lipinski definition) is 3. The number of aromatic nitrogens is 1. The molecule has 2 heterocycles. The van der Waals surface area contributed by atoms with Crippen molar-refractivity contribution >= 4 is 15.9 Å². The van der Waals surface area contributed by atoms with E-state index in [2.05, 4.69) is 64.0 Å². The lowest BCUT2D eigenvalue weighted by molar-refractivity contribution is 0.178. The second kappa shape index (κ2) is 7.53. The quantitative estimate of drug-likeness (QED) is 0.910. The van der Waals surface area contributed by atoms with Gasteiger partial charge in [0.1, 0.15) is 0 Å². The molecule has 20 heavy (non-hydrogen) atoms. The van der Waals surface area contributed by atoms with Crippen molar-refractivity contribution < 1.29 is 0 Å². The van der Waals surface area contributed by atoms with E-state index in [1.807, 2.05) is 6.20 Å². The van der Waals surface area contributed by atoms with Gasteiger partial charge in [-0.3, -0.25) is 9.88 Å². The molecule has 3 nitrogen and oxygen atoms in total. The van der Waals surface area contributed by atoms with Crippen molar-refractivity contribution in [2.45, 2.75) is 52.2 Å². The van der Waals surface area contributed by atoms with Crippen molar-refractivity contribution in [2.75, 3.05) is 13.1 Å². The first kappa shape index (κ1) is 15.9. The maximum Gasteiger partial charge on any atom is 0.0544 e. The molecule has 0 bridgehead atoms. The third-order valence-corrected chi connectivity index (χ3v) is 4.98. The zero-order chi connectivity index (χ0) is 14.5. The summed E-state index contributed by atoms with van der Waals surface area (Å²) in [6.07, 6.45) is 4.34. The van der Waals surface area contributed by atoms with E-state index in [4.69, 9.17) is 0 Å². The summed E-state index contributed by atoms with van der Waals surface area (Å²) in [6.45, 7) is 10.2. The van der Waals surface area contributed by atoms with Crippen LogP contribution in [0.25, 0.3) is 0 Å². The van der Waals surface area contributed by atoms with Gasteiger partial charge in [0.15, 0.2) is 0 Å². The highest BCUT2D eigenvalue weighted by Gasteiger charge is 2.25. The van der Waals surface area contributed by atoms with E-state index >= 15 is 0 Å². The van der Waals surface area contributed by atoms with Crippen molar-refractivity contribution in [1.82, 2.24) is 15.2 Å². The second-order valence-electron chi connectivity index (χ2n) is 5.98. The summed E-state index contributed by atoms with van der Waals surface area (Å²) in [5, 5.41) is 3.72. The number of nitrogens with one attached hydrogen (secondary N) is 1. The molecular weight excluding hydrogens is 314 g/mol. The molecule has 0 amide bonds. The molecule has 0 aliphatic carbocycles. The fraction of sp³-hybridized carbons (Fsp3) is 0.688. The molecule has 0 spiro atoms. The summed E-state index contributed by atoms with van der Waals surface area (Å²) in [7, 11) is 0. The summed E-state index contributed by atoms with van der Waals surface area (Å²) < 4.78 is 1.05. The van der Waals surface area contributed by atoms with Crippen LogP contribution in [0.5, 0.6) is 0 Å². The van der Waals surface area contributed by atoms with Crippen molar-refractivity contribution in [3.05, 3.63) is 28.5 Å². The average molecular weight is 340 g/mol. The SMILES string of the molecule is CCC(C)C1CN(Cc2ccc(Br)cn2)C(C)CCN1. The zero-order valence-corrected chi connectivity index (χ0v) is 14.4. The van der Waals surface area contributed by atoms with Gasteiger partial charge in [-0.15, -0.1) is 0 Å². The van der Waals surface area contributed by atoms with Crippen LogP contribution in [0.2, 0.25) is 0 Å². The minimum absolute atomic E-state index is 0.598. The molecule has 0 radical (unpaired) electrons. The van der Waals surface area contributed by atoms with Gasteiger partial charge >= 0.3 is 0 Å². The first-order valence-electron chi connectivity index (χ1n) is 7.68. The van der Waals surface area contributed by atoms with E-state index in [-0.39, 0.29) is 0 Å². The Balaban J connectivity index is 2.04. The summed E-state index contributed by atoms with van der Waals surface area (Å²) in [4.78, 5) is 7.09. The van der Waals surface area contributed by atoms with Crippen LogP contribution in [0.4, 0.5) is 0 Å². The van der Waals surface area contributed by atoms with Gasteiger partial charge in [0.25, 0.3) is 0 Å². The fourth-order valence-corrected chi connectivity index (χ4v) is 2.99. The maximum atomic E-state index is 4.52. The summed E-state index contributed by atoms with van der Waals surface area (Å²) >= 11 is 3.45. The second-order valence-corrected chi connectivity index (χ2v) is 6.90. The Bertz CT molecular complexity index is 407. The van der Waals surface area contributed by atoms with E-state index in [9.17, 15) is 0 Å². The lowest BCUT2D eigenvalue weighted by atomic mass is 9.99. The number of nitrogens with zero attached hydrogens (tertiary/aromatic N) is 2. The molecule has 1 aliphatic rings. The standard InChI is InChI=1S/C16H26BrN3/c1-4-12(2)16-11-20(13(3)7-8-18-16)10-15-6-5-14(17)9-19-15/h5-6,9,12-13,16,18H,4,7-8,10-11H2,1-3H3. The molecule has 1 aliphatic heterocycles. The molecule has 1 aromatic rings. The van der Waals surface area contributed by atoms with Gasteiger partial charge in [-0.1, -0.05) is 20.3 Å². The molecule has 1 N–H and O–H groups in total. The lowest BCUT2D eigenvalue weighted by Crippen LogP contribution is -2.43.